The Hall–Kier alpha value is -1.12. The Balaban J connectivity index is 1.63. The summed E-state index contributed by atoms with van der Waals surface area (Å²) in [6, 6.07) is 0. The largest absolute Gasteiger partial charge is 0.464 e. The topological polar surface area (TPSA) is 43.4 Å². The van der Waals surface area contributed by atoms with E-state index in [9.17, 15) is 9.59 Å². The molecule has 0 radical (unpaired) electrons. The molecule has 0 bridgehead atoms. The minimum atomic E-state index is -0.0410. The van der Waals surface area contributed by atoms with Crippen molar-refractivity contribution >= 4 is 12.3 Å². The van der Waals surface area contributed by atoms with Crippen molar-refractivity contribution in [1.82, 2.24) is 0 Å². The summed E-state index contributed by atoms with van der Waals surface area (Å²) in [5, 5.41) is 0. The number of ether oxygens (including phenoxy) is 1. The van der Waals surface area contributed by atoms with Crippen LogP contribution in [0.4, 0.5) is 0 Å². The van der Waals surface area contributed by atoms with Crippen LogP contribution in [0.25, 0.3) is 0 Å². The molecule has 3 heteroatoms. The number of hydrogen-bond donors (Lipinski definition) is 0. The van der Waals surface area contributed by atoms with E-state index in [4.69, 9.17) is 4.74 Å². The molecular weight excluding hydrogens is 288 g/mol. The van der Waals surface area contributed by atoms with Crippen LogP contribution in [0.15, 0.2) is 11.6 Å². The van der Waals surface area contributed by atoms with Crippen LogP contribution in [0.5, 0.6) is 0 Å². The summed E-state index contributed by atoms with van der Waals surface area (Å²) in [7, 11) is 0. The summed E-state index contributed by atoms with van der Waals surface area (Å²) >= 11 is 0. The Morgan fingerprint density at radius 3 is 2.65 bits per heavy atom. The average molecular weight is 316 g/mol. The molecule has 0 saturated heterocycles. The Bertz CT molecular complexity index is 565. The summed E-state index contributed by atoms with van der Waals surface area (Å²) in [5.41, 5.74) is 1.74. The zero-order chi connectivity index (χ0) is 16.2. The van der Waals surface area contributed by atoms with Gasteiger partial charge < -0.3 is 4.74 Å². The second-order valence-corrected chi connectivity index (χ2v) is 8.77. The van der Waals surface area contributed by atoms with Gasteiger partial charge in [-0.15, -0.1) is 0 Å². The summed E-state index contributed by atoms with van der Waals surface area (Å²) < 4.78 is 5.25. The average Bonchev–Trinajstić information content (AvgIpc) is 2.84. The van der Waals surface area contributed by atoms with Crippen molar-refractivity contribution in [2.45, 2.75) is 71.3 Å². The fourth-order valence-corrected chi connectivity index (χ4v) is 6.59. The van der Waals surface area contributed by atoms with Crippen molar-refractivity contribution in [1.29, 1.82) is 0 Å². The summed E-state index contributed by atoms with van der Waals surface area (Å²) in [6.07, 6.45) is 10.8. The lowest BCUT2D eigenvalue weighted by Crippen LogP contribution is -2.50. The van der Waals surface area contributed by atoms with E-state index in [1.807, 2.05) is 0 Å². The molecule has 0 aliphatic heterocycles. The van der Waals surface area contributed by atoms with E-state index in [0.717, 1.165) is 44.9 Å². The number of carbonyl (C=O) groups excluding carboxylic acids is 2. The summed E-state index contributed by atoms with van der Waals surface area (Å²) in [5.74, 6) is 2.50. The molecule has 0 aromatic heterocycles. The Morgan fingerprint density at radius 1 is 1.13 bits per heavy atom. The molecule has 0 heterocycles. The lowest BCUT2D eigenvalue weighted by Gasteiger charge is -2.56. The van der Waals surface area contributed by atoms with Crippen LogP contribution in [0.3, 0.4) is 0 Å². The minimum absolute atomic E-state index is 0.0410. The highest BCUT2D eigenvalue weighted by atomic mass is 16.5. The molecule has 3 fully saturated rings. The van der Waals surface area contributed by atoms with Crippen LogP contribution in [0.2, 0.25) is 0 Å². The van der Waals surface area contributed by atoms with Gasteiger partial charge in [0.25, 0.3) is 6.47 Å². The van der Waals surface area contributed by atoms with Crippen LogP contribution in [-0.4, -0.2) is 18.4 Å². The maximum Gasteiger partial charge on any atom is 0.293 e. The lowest BCUT2D eigenvalue weighted by molar-refractivity contribution is -0.136. The van der Waals surface area contributed by atoms with Gasteiger partial charge in [-0.2, -0.15) is 0 Å². The SMILES string of the molecule is CC12CCC3C(CC=C4CC(OC=O)CCC43C)C1CCC2=O. The molecule has 3 saturated carbocycles. The van der Waals surface area contributed by atoms with E-state index >= 15 is 0 Å². The first-order valence-corrected chi connectivity index (χ1v) is 9.31. The van der Waals surface area contributed by atoms with Gasteiger partial charge in [0.15, 0.2) is 0 Å². The van der Waals surface area contributed by atoms with E-state index in [1.165, 1.54) is 12.0 Å². The van der Waals surface area contributed by atoms with Crippen molar-refractivity contribution in [3.63, 3.8) is 0 Å². The monoisotopic (exact) mass is 316 g/mol. The molecule has 4 aliphatic carbocycles. The van der Waals surface area contributed by atoms with Gasteiger partial charge in [-0.25, -0.2) is 0 Å². The van der Waals surface area contributed by atoms with Gasteiger partial charge in [-0.05, 0) is 61.7 Å². The first-order valence-electron chi connectivity index (χ1n) is 9.31. The molecule has 0 N–H and O–H groups in total. The van der Waals surface area contributed by atoms with Gasteiger partial charge in [0, 0.05) is 18.3 Å². The normalized spacial score (nSPS) is 48.8. The molecule has 0 spiro atoms. The molecule has 23 heavy (non-hydrogen) atoms. The van der Waals surface area contributed by atoms with Gasteiger partial charge in [0.05, 0.1) is 0 Å². The quantitative estimate of drug-likeness (QED) is 0.570. The first kappa shape index (κ1) is 15.4. The smallest absolute Gasteiger partial charge is 0.293 e. The highest BCUT2D eigenvalue weighted by Crippen LogP contribution is 2.64. The maximum absolute atomic E-state index is 12.4. The third-order valence-electron chi connectivity index (χ3n) is 8.02. The van der Waals surface area contributed by atoms with Crippen LogP contribution >= 0.6 is 0 Å². The van der Waals surface area contributed by atoms with Gasteiger partial charge in [-0.1, -0.05) is 25.5 Å². The van der Waals surface area contributed by atoms with Crippen molar-refractivity contribution in [3.8, 4) is 0 Å². The molecule has 0 amide bonds. The zero-order valence-corrected chi connectivity index (χ0v) is 14.3. The maximum atomic E-state index is 12.4. The Kier molecular flexibility index (Phi) is 3.48. The molecule has 3 nitrogen and oxygen atoms in total. The number of ketones is 1. The molecule has 126 valence electrons. The lowest BCUT2D eigenvalue weighted by atomic mass is 9.48. The minimum Gasteiger partial charge on any atom is -0.464 e. The van der Waals surface area contributed by atoms with Crippen molar-refractivity contribution in [2.24, 2.45) is 28.6 Å². The van der Waals surface area contributed by atoms with E-state index in [1.54, 1.807) is 0 Å². The second kappa shape index (κ2) is 5.19. The number of hydrogen-bond acceptors (Lipinski definition) is 3. The molecule has 6 atom stereocenters. The Labute approximate surface area is 138 Å². The number of Topliss-reactive ketones (excluding diaryl/α,β-unsaturated/α-hetero) is 1. The van der Waals surface area contributed by atoms with E-state index in [0.29, 0.717) is 30.0 Å². The van der Waals surface area contributed by atoms with Crippen LogP contribution in [0.1, 0.15) is 65.2 Å². The highest BCUT2D eigenvalue weighted by molar-refractivity contribution is 5.87. The van der Waals surface area contributed by atoms with Crippen molar-refractivity contribution in [2.75, 3.05) is 0 Å². The van der Waals surface area contributed by atoms with Crippen LogP contribution in [0, 0.1) is 28.6 Å². The van der Waals surface area contributed by atoms with E-state index in [-0.39, 0.29) is 16.9 Å². The standard InChI is InChI=1S/C20H28O3/c1-19-9-7-14(23-12-21)11-13(19)3-4-15-16-5-6-18(22)20(16,2)10-8-17(15)19/h3,12,14-17H,4-11H2,1-2H3. The molecule has 4 rings (SSSR count). The van der Waals surface area contributed by atoms with Gasteiger partial charge in [0.2, 0.25) is 0 Å². The summed E-state index contributed by atoms with van der Waals surface area (Å²) in [4.78, 5) is 23.1. The number of fused-ring (bicyclic) bond motifs is 5. The number of carbonyl (C=O) groups is 2. The zero-order valence-electron chi connectivity index (χ0n) is 14.3. The second-order valence-electron chi connectivity index (χ2n) is 8.77. The first-order chi connectivity index (χ1) is 11.0. The number of rotatable bonds is 2. The predicted octanol–water partition coefficient (Wildman–Crippen LogP) is 4.06. The van der Waals surface area contributed by atoms with Crippen LogP contribution in [-0.2, 0) is 14.3 Å². The Morgan fingerprint density at radius 2 is 1.87 bits per heavy atom. The van der Waals surface area contributed by atoms with Gasteiger partial charge >= 0.3 is 0 Å². The molecule has 0 aromatic carbocycles. The third-order valence-corrected chi connectivity index (χ3v) is 8.02. The fourth-order valence-electron chi connectivity index (χ4n) is 6.59. The molecule has 4 aliphatic rings. The predicted molar refractivity (Wildman–Crippen MR) is 87.6 cm³/mol. The fraction of sp³-hybridized carbons (Fsp3) is 0.800. The van der Waals surface area contributed by atoms with Gasteiger partial charge in [0.1, 0.15) is 11.9 Å². The van der Waals surface area contributed by atoms with E-state index < -0.39 is 0 Å². The number of allylic oxidation sites excluding steroid dienone is 1. The van der Waals surface area contributed by atoms with Crippen LogP contribution < -0.4 is 0 Å². The van der Waals surface area contributed by atoms with Crippen molar-refractivity contribution in [3.05, 3.63) is 11.6 Å². The molecule has 0 aromatic rings. The molecule has 6 unspecified atom stereocenters. The van der Waals surface area contributed by atoms with Crippen molar-refractivity contribution < 1.29 is 14.3 Å². The summed E-state index contributed by atoms with van der Waals surface area (Å²) in [6.45, 7) is 5.28. The highest BCUT2D eigenvalue weighted by Gasteiger charge is 2.58. The van der Waals surface area contributed by atoms with E-state index in [2.05, 4.69) is 19.9 Å². The molecular formula is C20H28O3. The third kappa shape index (κ3) is 2.08. The van der Waals surface area contributed by atoms with Gasteiger partial charge in [-0.3, -0.25) is 9.59 Å².